The SMILES string of the molecule is O=C(N[C@@H]1Cc2ccc(Br)cc2C1)c1ccc(OC[C@@H]2CCCO2)cn1. The maximum atomic E-state index is 12.5. The molecule has 0 saturated carbocycles. The van der Waals surface area contributed by atoms with Gasteiger partial charge in [-0.3, -0.25) is 4.79 Å². The van der Waals surface area contributed by atoms with Crippen LogP contribution in [-0.4, -0.2) is 36.3 Å². The monoisotopic (exact) mass is 416 g/mol. The summed E-state index contributed by atoms with van der Waals surface area (Å²) in [5.41, 5.74) is 2.99. The molecule has 1 aliphatic carbocycles. The van der Waals surface area contributed by atoms with Crippen LogP contribution in [0, 0.1) is 0 Å². The van der Waals surface area contributed by atoms with Gasteiger partial charge in [-0.15, -0.1) is 0 Å². The van der Waals surface area contributed by atoms with Crippen molar-refractivity contribution in [3.63, 3.8) is 0 Å². The number of aromatic nitrogens is 1. The summed E-state index contributed by atoms with van der Waals surface area (Å²) in [7, 11) is 0. The molecule has 1 saturated heterocycles. The predicted octanol–water partition coefficient (Wildman–Crippen LogP) is 3.30. The third kappa shape index (κ3) is 4.07. The molecule has 1 N–H and O–H groups in total. The molecule has 2 heterocycles. The van der Waals surface area contributed by atoms with Crippen LogP contribution in [0.2, 0.25) is 0 Å². The quantitative estimate of drug-likeness (QED) is 0.811. The predicted molar refractivity (Wildman–Crippen MR) is 102 cm³/mol. The van der Waals surface area contributed by atoms with Crippen LogP contribution in [0.25, 0.3) is 0 Å². The molecule has 0 spiro atoms. The van der Waals surface area contributed by atoms with E-state index in [0.29, 0.717) is 18.1 Å². The summed E-state index contributed by atoms with van der Waals surface area (Å²) in [4.78, 5) is 16.7. The van der Waals surface area contributed by atoms with Crippen molar-refractivity contribution in [1.82, 2.24) is 10.3 Å². The van der Waals surface area contributed by atoms with Crippen molar-refractivity contribution < 1.29 is 14.3 Å². The highest BCUT2D eigenvalue weighted by Gasteiger charge is 2.24. The number of nitrogens with zero attached hydrogens (tertiary/aromatic N) is 1. The fourth-order valence-corrected chi connectivity index (χ4v) is 3.92. The molecule has 1 aliphatic heterocycles. The Kier molecular flexibility index (Phi) is 5.22. The Labute approximate surface area is 161 Å². The molecule has 1 amide bonds. The lowest BCUT2D eigenvalue weighted by atomic mass is 10.1. The molecule has 1 aromatic heterocycles. The Morgan fingerprint density at radius 3 is 2.92 bits per heavy atom. The number of hydrogen-bond donors (Lipinski definition) is 1. The zero-order chi connectivity index (χ0) is 17.9. The van der Waals surface area contributed by atoms with E-state index in [1.165, 1.54) is 11.1 Å². The molecular formula is C20H21BrN2O3. The van der Waals surface area contributed by atoms with E-state index in [2.05, 4.69) is 38.4 Å². The topological polar surface area (TPSA) is 60.5 Å². The largest absolute Gasteiger partial charge is 0.489 e. The Morgan fingerprint density at radius 1 is 1.27 bits per heavy atom. The Balaban J connectivity index is 1.31. The summed E-state index contributed by atoms with van der Waals surface area (Å²) in [6.07, 6.45) is 5.61. The number of halogens is 1. The van der Waals surface area contributed by atoms with E-state index in [-0.39, 0.29) is 18.1 Å². The summed E-state index contributed by atoms with van der Waals surface area (Å²) in [6.45, 7) is 1.34. The average molecular weight is 417 g/mol. The molecule has 0 radical (unpaired) electrons. The standard InChI is InChI=1S/C20H21BrN2O3/c21-15-4-3-13-9-16(10-14(13)8-15)23-20(24)19-6-5-17(11-22-19)26-12-18-2-1-7-25-18/h3-6,8,11,16,18H,1-2,7,9-10,12H2,(H,23,24)/t16-,18+/m1/s1. The number of amides is 1. The second-order valence-electron chi connectivity index (χ2n) is 6.82. The van der Waals surface area contributed by atoms with E-state index in [1.807, 2.05) is 6.07 Å². The van der Waals surface area contributed by atoms with E-state index in [4.69, 9.17) is 9.47 Å². The first kappa shape index (κ1) is 17.5. The van der Waals surface area contributed by atoms with Gasteiger partial charge in [-0.2, -0.15) is 0 Å². The van der Waals surface area contributed by atoms with Crippen LogP contribution < -0.4 is 10.1 Å². The third-order valence-electron chi connectivity index (χ3n) is 4.87. The Hall–Kier alpha value is -1.92. The van der Waals surface area contributed by atoms with Gasteiger partial charge in [0.1, 0.15) is 18.1 Å². The number of fused-ring (bicyclic) bond motifs is 1. The normalized spacial score (nSPS) is 21.4. The number of carbonyl (C=O) groups excluding carboxylic acids is 1. The minimum Gasteiger partial charge on any atom is -0.489 e. The van der Waals surface area contributed by atoms with Gasteiger partial charge in [0.05, 0.1) is 12.3 Å². The first-order valence-electron chi connectivity index (χ1n) is 8.96. The molecule has 4 rings (SSSR count). The lowest BCUT2D eigenvalue weighted by Crippen LogP contribution is -2.35. The van der Waals surface area contributed by atoms with Crippen molar-refractivity contribution in [3.05, 3.63) is 57.8 Å². The number of hydrogen-bond acceptors (Lipinski definition) is 4. The zero-order valence-corrected chi connectivity index (χ0v) is 16.0. The molecule has 26 heavy (non-hydrogen) atoms. The van der Waals surface area contributed by atoms with Gasteiger partial charge in [0.25, 0.3) is 5.91 Å². The summed E-state index contributed by atoms with van der Waals surface area (Å²) in [5, 5.41) is 3.08. The first-order chi connectivity index (χ1) is 12.7. The fraction of sp³-hybridized carbons (Fsp3) is 0.400. The lowest BCUT2D eigenvalue weighted by molar-refractivity contribution is 0.0678. The van der Waals surface area contributed by atoms with Crippen LogP contribution in [0.1, 0.15) is 34.5 Å². The molecule has 136 valence electrons. The fourth-order valence-electron chi connectivity index (χ4n) is 3.51. The summed E-state index contributed by atoms with van der Waals surface area (Å²) in [5.74, 6) is 0.516. The van der Waals surface area contributed by atoms with Gasteiger partial charge in [0, 0.05) is 17.1 Å². The van der Waals surface area contributed by atoms with Crippen molar-refractivity contribution in [1.29, 1.82) is 0 Å². The zero-order valence-electron chi connectivity index (χ0n) is 14.4. The van der Waals surface area contributed by atoms with Crippen molar-refractivity contribution in [2.45, 2.75) is 37.8 Å². The molecule has 1 fully saturated rings. The van der Waals surface area contributed by atoms with Crippen LogP contribution in [0.15, 0.2) is 41.0 Å². The van der Waals surface area contributed by atoms with Gasteiger partial charge in [-0.25, -0.2) is 4.98 Å². The molecule has 2 atom stereocenters. The molecule has 2 aliphatic rings. The van der Waals surface area contributed by atoms with Gasteiger partial charge in [-0.1, -0.05) is 22.0 Å². The highest BCUT2D eigenvalue weighted by Crippen LogP contribution is 2.25. The summed E-state index contributed by atoms with van der Waals surface area (Å²) < 4.78 is 12.3. The second kappa shape index (κ2) is 7.76. The van der Waals surface area contributed by atoms with E-state index in [9.17, 15) is 4.79 Å². The Bertz CT molecular complexity index is 788. The van der Waals surface area contributed by atoms with Crippen molar-refractivity contribution in [3.8, 4) is 5.75 Å². The molecule has 6 heteroatoms. The van der Waals surface area contributed by atoms with Gasteiger partial charge in [0.15, 0.2) is 0 Å². The molecular weight excluding hydrogens is 396 g/mol. The lowest BCUT2D eigenvalue weighted by Gasteiger charge is -2.13. The number of ether oxygens (including phenoxy) is 2. The summed E-state index contributed by atoms with van der Waals surface area (Å²) >= 11 is 3.50. The molecule has 5 nitrogen and oxygen atoms in total. The van der Waals surface area contributed by atoms with Crippen molar-refractivity contribution in [2.24, 2.45) is 0 Å². The number of pyridine rings is 1. The number of rotatable bonds is 5. The van der Waals surface area contributed by atoms with E-state index in [1.54, 1.807) is 18.3 Å². The van der Waals surface area contributed by atoms with Crippen LogP contribution in [0.3, 0.4) is 0 Å². The van der Waals surface area contributed by atoms with Gasteiger partial charge in [0.2, 0.25) is 0 Å². The van der Waals surface area contributed by atoms with Crippen molar-refractivity contribution >= 4 is 21.8 Å². The van der Waals surface area contributed by atoms with Crippen LogP contribution in [-0.2, 0) is 17.6 Å². The number of carbonyl (C=O) groups is 1. The Morgan fingerprint density at radius 2 is 2.15 bits per heavy atom. The minimum atomic E-state index is -0.146. The number of nitrogens with one attached hydrogen (secondary N) is 1. The molecule has 0 unspecified atom stereocenters. The van der Waals surface area contributed by atoms with Gasteiger partial charge >= 0.3 is 0 Å². The number of benzene rings is 1. The van der Waals surface area contributed by atoms with Gasteiger partial charge < -0.3 is 14.8 Å². The minimum absolute atomic E-state index is 0.115. The first-order valence-corrected chi connectivity index (χ1v) is 9.75. The van der Waals surface area contributed by atoms with E-state index in [0.717, 1.165) is 36.8 Å². The highest BCUT2D eigenvalue weighted by molar-refractivity contribution is 9.10. The maximum Gasteiger partial charge on any atom is 0.270 e. The molecule has 2 aromatic rings. The average Bonchev–Trinajstić information content (AvgIpc) is 3.29. The molecule has 1 aromatic carbocycles. The van der Waals surface area contributed by atoms with Gasteiger partial charge in [-0.05, 0) is 61.1 Å². The van der Waals surface area contributed by atoms with E-state index >= 15 is 0 Å². The van der Waals surface area contributed by atoms with Crippen LogP contribution in [0.4, 0.5) is 0 Å². The third-order valence-corrected chi connectivity index (χ3v) is 5.36. The van der Waals surface area contributed by atoms with Crippen molar-refractivity contribution in [2.75, 3.05) is 13.2 Å². The summed E-state index contributed by atoms with van der Waals surface area (Å²) in [6, 6.07) is 9.89. The highest BCUT2D eigenvalue weighted by atomic mass is 79.9. The smallest absolute Gasteiger partial charge is 0.270 e. The van der Waals surface area contributed by atoms with Crippen LogP contribution >= 0.6 is 15.9 Å². The van der Waals surface area contributed by atoms with Crippen LogP contribution in [0.5, 0.6) is 5.75 Å². The maximum absolute atomic E-state index is 12.5. The second-order valence-corrected chi connectivity index (χ2v) is 7.73. The molecule has 0 bridgehead atoms. The van der Waals surface area contributed by atoms with E-state index < -0.39 is 0 Å².